The van der Waals surface area contributed by atoms with Gasteiger partial charge in [0.1, 0.15) is 28.8 Å². The zero-order valence-electron chi connectivity index (χ0n) is 10.8. The highest BCUT2D eigenvalue weighted by atomic mass is 19.1. The van der Waals surface area contributed by atoms with Crippen LogP contribution in [-0.2, 0) is 7.05 Å². The summed E-state index contributed by atoms with van der Waals surface area (Å²) in [7, 11) is 1.70. The molecule has 21 heavy (non-hydrogen) atoms. The maximum Gasteiger partial charge on any atom is 0.342 e. The summed E-state index contributed by atoms with van der Waals surface area (Å²) in [5.41, 5.74) is -0.0265. The van der Waals surface area contributed by atoms with Crippen LogP contribution in [0.25, 0.3) is 11.0 Å². The number of rotatable bonds is 3. The quantitative estimate of drug-likeness (QED) is 0.792. The Hall–Kier alpha value is -3.03. The van der Waals surface area contributed by atoms with Gasteiger partial charge in [0.15, 0.2) is 5.65 Å². The van der Waals surface area contributed by atoms with E-state index in [2.05, 4.69) is 15.1 Å². The second kappa shape index (κ2) is 4.82. The molecule has 0 aliphatic heterocycles. The molecule has 7 nitrogen and oxygen atoms in total. The number of fused-ring (bicyclic) bond motifs is 1. The number of hydrogen-bond acceptors (Lipinski definition) is 5. The minimum absolute atomic E-state index is 0.112. The number of aryl methyl sites for hydroxylation is 1. The minimum atomic E-state index is -1.42. The van der Waals surface area contributed by atoms with Gasteiger partial charge in [0.05, 0.1) is 6.20 Å². The molecule has 0 saturated carbocycles. The first-order valence-electron chi connectivity index (χ1n) is 5.90. The lowest BCUT2D eigenvalue weighted by molar-refractivity contribution is 0.0689. The number of ether oxygens (including phenoxy) is 1. The highest BCUT2D eigenvalue weighted by Gasteiger charge is 2.19. The molecule has 1 aromatic carbocycles. The number of aromatic carboxylic acids is 1. The van der Waals surface area contributed by atoms with Crippen LogP contribution in [0.2, 0.25) is 0 Å². The van der Waals surface area contributed by atoms with Crippen molar-refractivity contribution < 1.29 is 19.0 Å². The molecule has 0 aliphatic carbocycles. The number of halogens is 1. The summed E-state index contributed by atoms with van der Waals surface area (Å²) in [6.07, 6.45) is 2.75. The Balaban J connectivity index is 2.11. The Morgan fingerprint density at radius 2 is 2.19 bits per heavy atom. The summed E-state index contributed by atoms with van der Waals surface area (Å²) in [6, 6.07) is 3.77. The molecule has 2 heterocycles. The number of carboxylic acids is 1. The molecule has 8 heteroatoms. The topological polar surface area (TPSA) is 90.1 Å². The van der Waals surface area contributed by atoms with Crippen molar-refractivity contribution in [2.24, 2.45) is 7.05 Å². The molecule has 0 saturated heterocycles. The summed E-state index contributed by atoms with van der Waals surface area (Å²) in [4.78, 5) is 19.1. The molecule has 3 aromatic rings. The van der Waals surface area contributed by atoms with E-state index in [-0.39, 0.29) is 11.6 Å². The minimum Gasteiger partial charge on any atom is -0.477 e. The predicted octanol–water partition coefficient (Wildman–Crippen LogP) is 1.99. The van der Waals surface area contributed by atoms with Gasteiger partial charge in [-0.15, -0.1) is 0 Å². The maximum absolute atomic E-state index is 13.6. The first-order valence-corrected chi connectivity index (χ1v) is 5.90. The van der Waals surface area contributed by atoms with Gasteiger partial charge in [0, 0.05) is 7.05 Å². The average Bonchev–Trinajstić information content (AvgIpc) is 2.81. The Morgan fingerprint density at radius 3 is 2.95 bits per heavy atom. The summed E-state index contributed by atoms with van der Waals surface area (Å²) < 4.78 is 20.6. The highest BCUT2D eigenvalue weighted by molar-refractivity contribution is 5.91. The number of aromatic nitrogens is 4. The van der Waals surface area contributed by atoms with E-state index in [4.69, 9.17) is 9.84 Å². The van der Waals surface area contributed by atoms with Crippen LogP contribution in [0, 0.1) is 5.82 Å². The van der Waals surface area contributed by atoms with Gasteiger partial charge in [-0.25, -0.2) is 19.2 Å². The zero-order chi connectivity index (χ0) is 15.0. The standard InChI is InChI=1S/C13H9FN4O3/c1-18-11-7(5-17-18)12(16-6-15-11)21-9-4-2-3-8(14)10(9)13(19)20/h2-6H,1H3,(H,19,20). The van der Waals surface area contributed by atoms with Crippen LogP contribution in [0.3, 0.4) is 0 Å². The van der Waals surface area contributed by atoms with E-state index in [0.717, 1.165) is 6.07 Å². The Bertz CT molecular complexity index is 847. The smallest absolute Gasteiger partial charge is 0.342 e. The van der Waals surface area contributed by atoms with E-state index in [0.29, 0.717) is 11.0 Å². The second-order valence-corrected chi connectivity index (χ2v) is 4.20. The molecular weight excluding hydrogens is 279 g/mol. The van der Waals surface area contributed by atoms with Gasteiger partial charge in [-0.3, -0.25) is 4.68 Å². The molecule has 0 atom stereocenters. The number of carboxylic acid groups (broad SMARTS) is 1. The van der Waals surface area contributed by atoms with Crippen LogP contribution in [0.15, 0.2) is 30.7 Å². The van der Waals surface area contributed by atoms with Crippen molar-refractivity contribution in [2.75, 3.05) is 0 Å². The Morgan fingerprint density at radius 1 is 1.38 bits per heavy atom. The third-order valence-corrected chi connectivity index (χ3v) is 2.89. The number of carbonyl (C=O) groups is 1. The van der Waals surface area contributed by atoms with Gasteiger partial charge < -0.3 is 9.84 Å². The molecule has 0 unspecified atom stereocenters. The van der Waals surface area contributed by atoms with Crippen molar-refractivity contribution in [3.05, 3.63) is 42.1 Å². The lowest BCUT2D eigenvalue weighted by Crippen LogP contribution is -2.04. The fourth-order valence-corrected chi connectivity index (χ4v) is 1.92. The van der Waals surface area contributed by atoms with Gasteiger partial charge in [0.2, 0.25) is 5.88 Å². The highest BCUT2D eigenvalue weighted by Crippen LogP contribution is 2.29. The molecule has 0 aliphatic rings. The normalized spacial score (nSPS) is 10.8. The molecule has 0 fully saturated rings. The van der Waals surface area contributed by atoms with Crippen molar-refractivity contribution in [2.45, 2.75) is 0 Å². The Kier molecular flexibility index (Phi) is 2.98. The van der Waals surface area contributed by atoms with E-state index in [1.807, 2.05) is 0 Å². The maximum atomic E-state index is 13.6. The third-order valence-electron chi connectivity index (χ3n) is 2.89. The Labute approximate surface area is 117 Å². The largest absolute Gasteiger partial charge is 0.477 e. The van der Waals surface area contributed by atoms with Crippen LogP contribution in [0.5, 0.6) is 11.6 Å². The summed E-state index contributed by atoms with van der Waals surface area (Å²) >= 11 is 0. The van der Waals surface area contributed by atoms with Crippen molar-refractivity contribution >= 4 is 17.0 Å². The zero-order valence-corrected chi connectivity index (χ0v) is 10.8. The van der Waals surface area contributed by atoms with Gasteiger partial charge >= 0.3 is 5.97 Å². The number of nitrogens with zero attached hydrogens (tertiary/aromatic N) is 4. The van der Waals surface area contributed by atoms with Crippen LogP contribution >= 0.6 is 0 Å². The molecular formula is C13H9FN4O3. The van der Waals surface area contributed by atoms with Crippen molar-refractivity contribution in [1.29, 1.82) is 0 Å². The average molecular weight is 288 g/mol. The molecule has 0 amide bonds. The lowest BCUT2D eigenvalue weighted by Gasteiger charge is -2.08. The second-order valence-electron chi connectivity index (χ2n) is 4.20. The van der Waals surface area contributed by atoms with Crippen molar-refractivity contribution in [3.63, 3.8) is 0 Å². The first kappa shape index (κ1) is 13.0. The van der Waals surface area contributed by atoms with E-state index in [9.17, 15) is 9.18 Å². The van der Waals surface area contributed by atoms with Gasteiger partial charge in [0.25, 0.3) is 0 Å². The molecule has 1 N–H and O–H groups in total. The monoisotopic (exact) mass is 288 g/mol. The summed E-state index contributed by atoms with van der Waals surface area (Å²) in [6.45, 7) is 0. The summed E-state index contributed by atoms with van der Waals surface area (Å²) in [5, 5.41) is 13.6. The molecule has 106 valence electrons. The predicted molar refractivity (Wildman–Crippen MR) is 69.7 cm³/mol. The number of hydrogen-bond donors (Lipinski definition) is 1. The van der Waals surface area contributed by atoms with Gasteiger partial charge in [-0.2, -0.15) is 5.10 Å². The van der Waals surface area contributed by atoms with Crippen molar-refractivity contribution in [1.82, 2.24) is 19.7 Å². The molecule has 0 bridgehead atoms. The van der Waals surface area contributed by atoms with Crippen LogP contribution < -0.4 is 4.74 Å². The van der Waals surface area contributed by atoms with Crippen LogP contribution in [-0.4, -0.2) is 30.8 Å². The first-order chi connectivity index (χ1) is 10.1. The molecule has 0 radical (unpaired) electrons. The number of benzene rings is 1. The molecule has 3 rings (SSSR count). The van der Waals surface area contributed by atoms with E-state index in [1.165, 1.54) is 29.3 Å². The van der Waals surface area contributed by atoms with E-state index < -0.39 is 17.3 Å². The van der Waals surface area contributed by atoms with Gasteiger partial charge in [-0.05, 0) is 12.1 Å². The van der Waals surface area contributed by atoms with Crippen molar-refractivity contribution in [3.8, 4) is 11.6 Å². The fraction of sp³-hybridized carbons (Fsp3) is 0.0769. The fourth-order valence-electron chi connectivity index (χ4n) is 1.92. The SMILES string of the molecule is Cn1ncc2c(Oc3cccc(F)c3C(=O)O)ncnc21. The van der Waals surface area contributed by atoms with Crippen LogP contribution in [0.4, 0.5) is 4.39 Å². The van der Waals surface area contributed by atoms with Crippen LogP contribution in [0.1, 0.15) is 10.4 Å². The molecule has 2 aromatic heterocycles. The third kappa shape index (κ3) is 2.16. The lowest BCUT2D eigenvalue weighted by atomic mass is 10.2. The van der Waals surface area contributed by atoms with E-state index in [1.54, 1.807) is 7.05 Å². The van der Waals surface area contributed by atoms with Gasteiger partial charge in [-0.1, -0.05) is 6.07 Å². The van der Waals surface area contributed by atoms with E-state index >= 15 is 0 Å². The molecule has 0 spiro atoms. The summed E-state index contributed by atoms with van der Waals surface area (Å²) in [5.74, 6) is -2.32.